The quantitative estimate of drug-likeness (QED) is 0.401. The van der Waals surface area contributed by atoms with E-state index in [-0.39, 0.29) is 63.1 Å². The third kappa shape index (κ3) is 3.30. The van der Waals surface area contributed by atoms with Gasteiger partial charge in [-0.05, 0) is 90.8 Å². The standard InChI is InChI=1S/C32H49NO4/c1-27(2)10-12-32(24(36)18-34)13-11-31(7)25(20(32)16-27)21(35)14-23-29(5)15-19(17-33)26(37)28(3,4)22(29)8-9-30(23,31)6/h20,22-25,34,36-37H,8-16,18H2,1-7H3/t20-,22-,23+,24?,25-,29-,30+,31+,32-/m0/s1. The van der Waals surface area contributed by atoms with Gasteiger partial charge in [0.2, 0.25) is 0 Å². The third-order valence-electron chi connectivity index (χ3n) is 13.6. The normalized spacial score (nSPS) is 49.1. The average molecular weight is 512 g/mol. The molecular formula is C32H49NO4. The summed E-state index contributed by atoms with van der Waals surface area (Å²) in [5.74, 6) is 0.913. The van der Waals surface area contributed by atoms with Crippen LogP contribution in [0.4, 0.5) is 0 Å². The Morgan fingerprint density at radius 2 is 1.62 bits per heavy atom. The molecule has 5 nitrogen and oxygen atoms in total. The molecule has 0 aromatic carbocycles. The maximum atomic E-state index is 14.5. The number of nitrogens with zero attached hydrogens (tertiary/aromatic N) is 1. The molecule has 9 atom stereocenters. The third-order valence-corrected chi connectivity index (χ3v) is 13.6. The molecule has 0 spiro atoms. The van der Waals surface area contributed by atoms with Crippen LogP contribution in [0.5, 0.6) is 0 Å². The van der Waals surface area contributed by atoms with Gasteiger partial charge in [-0.2, -0.15) is 5.26 Å². The lowest BCUT2D eigenvalue weighted by molar-refractivity contribution is -0.243. The van der Waals surface area contributed by atoms with Crippen molar-refractivity contribution in [3.63, 3.8) is 0 Å². The highest BCUT2D eigenvalue weighted by Crippen LogP contribution is 2.76. The summed E-state index contributed by atoms with van der Waals surface area (Å²) in [6, 6.07) is 2.32. The fourth-order valence-corrected chi connectivity index (χ4v) is 11.4. The maximum absolute atomic E-state index is 14.5. The largest absolute Gasteiger partial charge is 0.511 e. The lowest BCUT2D eigenvalue weighted by atomic mass is 9.31. The Morgan fingerprint density at radius 1 is 0.973 bits per heavy atom. The minimum absolute atomic E-state index is 0.0711. The first-order valence-corrected chi connectivity index (χ1v) is 14.7. The molecule has 0 amide bonds. The molecule has 206 valence electrons. The smallest absolute Gasteiger partial charge is 0.137 e. The molecule has 0 bridgehead atoms. The van der Waals surface area contributed by atoms with Gasteiger partial charge in [-0.1, -0.05) is 48.5 Å². The van der Waals surface area contributed by atoms with E-state index in [1.54, 1.807) is 0 Å². The van der Waals surface area contributed by atoms with Crippen LogP contribution in [0.3, 0.4) is 0 Å². The Hall–Kier alpha value is -1.38. The summed E-state index contributed by atoms with van der Waals surface area (Å²) in [6.45, 7) is 15.6. The summed E-state index contributed by atoms with van der Waals surface area (Å²) >= 11 is 0. The molecule has 5 aliphatic rings. The van der Waals surface area contributed by atoms with E-state index in [0.29, 0.717) is 24.2 Å². The van der Waals surface area contributed by atoms with Crippen LogP contribution in [0.15, 0.2) is 11.3 Å². The van der Waals surface area contributed by atoms with Gasteiger partial charge in [0.1, 0.15) is 11.5 Å². The van der Waals surface area contributed by atoms with Crippen LogP contribution < -0.4 is 0 Å². The van der Waals surface area contributed by atoms with Crippen LogP contribution >= 0.6 is 0 Å². The molecule has 0 aliphatic heterocycles. The van der Waals surface area contributed by atoms with Crippen molar-refractivity contribution in [2.45, 2.75) is 112 Å². The molecule has 5 heteroatoms. The first-order valence-electron chi connectivity index (χ1n) is 14.7. The zero-order valence-corrected chi connectivity index (χ0v) is 24.2. The molecule has 0 saturated heterocycles. The van der Waals surface area contributed by atoms with Crippen molar-refractivity contribution in [1.82, 2.24) is 0 Å². The molecule has 1 unspecified atom stereocenters. The Morgan fingerprint density at radius 3 is 2.24 bits per heavy atom. The van der Waals surface area contributed by atoms with Crippen LogP contribution in [0.2, 0.25) is 0 Å². The first kappa shape index (κ1) is 27.2. The second-order valence-corrected chi connectivity index (χ2v) is 15.9. The summed E-state index contributed by atoms with van der Waals surface area (Å²) in [5, 5.41) is 42.3. The number of rotatable bonds is 2. The van der Waals surface area contributed by atoms with Crippen molar-refractivity contribution in [3.8, 4) is 6.07 Å². The minimum atomic E-state index is -0.782. The number of aliphatic hydroxyl groups excluding tert-OH is 3. The summed E-state index contributed by atoms with van der Waals surface area (Å²) in [5.41, 5.74) is -0.764. The molecule has 5 aliphatic carbocycles. The monoisotopic (exact) mass is 511 g/mol. The zero-order valence-electron chi connectivity index (χ0n) is 24.2. The summed E-state index contributed by atoms with van der Waals surface area (Å²) in [6.07, 6.45) is 6.82. The number of carbonyl (C=O) groups is 1. The maximum Gasteiger partial charge on any atom is 0.137 e. The summed E-state index contributed by atoms with van der Waals surface area (Å²) < 4.78 is 0. The van der Waals surface area contributed by atoms with Gasteiger partial charge in [-0.25, -0.2) is 0 Å². The number of hydrogen-bond donors (Lipinski definition) is 3. The topological polar surface area (TPSA) is 102 Å². The highest BCUT2D eigenvalue weighted by Gasteiger charge is 2.72. The van der Waals surface area contributed by atoms with Crippen LogP contribution in [0, 0.1) is 67.5 Å². The van der Waals surface area contributed by atoms with Crippen LogP contribution in [0.25, 0.3) is 0 Å². The Kier molecular flexibility index (Phi) is 5.93. The zero-order chi connectivity index (χ0) is 27.4. The number of Topliss-reactive ketones (excluding diaryl/α,β-unsaturated/α-hetero) is 1. The first-order chi connectivity index (χ1) is 17.0. The van der Waals surface area contributed by atoms with Gasteiger partial charge in [-0.3, -0.25) is 4.79 Å². The SMILES string of the molecule is CC1(C)CC[C@]2(C(O)CO)CC[C@]3(C)[C@H](C(=O)C[C@@H]4[C@@]5(C)CC(C#N)=C(O)C(C)(C)[C@@H]5CC[C@]43C)[C@@H]2C1. The van der Waals surface area contributed by atoms with Crippen molar-refractivity contribution in [2.75, 3.05) is 6.61 Å². The van der Waals surface area contributed by atoms with Crippen LogP contribution in [-0.4, -0.2) is 33.8 Å². The molecule has 4 saturated carbocycles. The number of ketones is 1. The van der Waals surface area contributed by atoms with E-state index in [0.717, 1.165) is 44.9 Å². The van der Waals surface area contributed by atoms with E-state index in [9.17, 15) is 25.4 Å². The number of carbonyl (C=O) groups excluding carboxylic acids is 1. The highest BCUT2D eigenvalue weighted by atomic mass is 16.3. The number of aliphatic hydroxyl groups is 3. The van der Waals surface area contributed by atoms with Gasteiger partial charge in [-0.15, -0.1) is 0 Å². The average Bonchev–Trinajstić information content (AvgIpc) is 2.82. The van der Waals surface area contributed by atoms with Gasteiger partial charge in [0.25, 0.3) is 0 Å². The fraction of sp³-hybridized carbons (Fsp3) is 0.875. The van der Waals surface area contributed by atoms with E-state index in [1.165, 1.54) is 0 Å². The van der Waals surface area contributed by atoms with Gasteiger partial charge in [0, 0.05) is 23.2 Å². The number of fused-ring (bicyclic) bond motifs is 7. The van der Waals surface area contributed by atoms with E-state index in [1.807, 2.05) is 0 Å². The number of nitriles is 1. The van der Waals surface area contributed by atoms with E-state index >= 15 is 0 Å². The van der Waals surface area contributed by atoms with Crippen molar-refractivity contribution in [1.29, 1.82) is 5.26 Å². The molecule has 0 radical (unpaired) electrons. The molecule has 0 aromatic heterocycles. The van der Waals surface area contributed by atoms with Crippen molar-refractivity contribution >= 4 is 5.78 Å². The number of hydrogen-bond acceptors (Lipinski definition) is 5. The summed E-state index contributed by atoms with van der Waals surface area (Å²) in [4.78, 5) is 14.5. The minimum Gasteiger partial charge on any atom is -0.511 e. The lowest BCUT2D eigenvalue weighted by Crippen LogP contribution is -2.69. The summed E-state index contributed by atoms with van der Waals surface area (Å²) in [7, 11) is 0. The van der Waals surface area contributed by atoms with Gasteiger partial charge < -0.3 is 15.3 Å². The Balaban J connectivity index is 1.62. The highest BCUT2D eigenvalue weighted by molar-refractivity contribution is 5.84. The second kappa shape index (κ2) is 8.07. The van der Waals surface area contributed by atoms with Crippen molar-refractivity contribution < 1.29 is 20.1 Å². The predicted octanol–water partition coefficient (Wildman–Crippen LogP) is 6.35. The lowest BCUT2D eigenvalue weighted by Gasteiger charge is -2.72. The molecule has 3 N–H and O–H groups in total. The van der Waals surface area contributed by atoms with Gasteiger partial charge in [0.15, 0.2) is 0 Å². The van der Waals surface area contributed by atoms with Crippen LogP contribution in [-0.2, 0) is 4.79 Å². The van der Waals surface area contributed by atoms with Crippen molar-refractivity contribution in [3.05, 3.63) is 11.3 Å². The molecule has 4 fully saturated rings. The molecule has 0 heterocycles. The molecule has 0 aromatic rings. The number of allylic oxidation sites excluding steroid dienone is 2. The second-order valence-electron chi connectivity index (χ2n) is 15.9. The van der Waals surface area contributed by atoms with Crippen molar-refractivity contribution in [2.24, 2.45) is 56.2 Å². The molecular weight excluding hydrogens is 462 g/mol. The van der Waals surface area contributed by atoms with Gasteiger partial charge in [0.05, 0.1) is 24.4 Å². The van der Waals surface area contributed by atoms with E-state index < -0.39 is 11.5 Å². The predicted molar refractivity (Wildman–Crippen MR) is 143 cm³/mol. The Bertz CT molecular complexity index is 1070. The molecule has 37 heavy (non-hydrogen) atoms. The molecule has 5 rings (SSSR count). The van der Waals surface area contributed by atoms with E-state index in [4.69, 9.17) is 0 Å². The fourth-order valence-electron chi connectivity index (χ4n) is 11.4. The van der Waals surface area contributed by atoms with E-state index in [2.05, 4.69) is 54.5 Å². The van der Waals surface area contributed by atoms with Gasteiger partial charge >= 0.3 is 0 Å². The van der Waals surface area contributed by atoms with Crippen LogP contribution in [0.1, 0.15) is 106 Å². The Labute approximate surface area is 223 Å².